The fourth-order valence-corrected chi connectivity index (χ4v) is 4.06. The van der Waals surface area contributed by atoms with E-state index in [1.807, 2.05) is 13.8 Å². The molecule has 0 fully saturated rings. The van der Waals surface area contributed by atoms with Gasteiger partial charge in [0.2, 0.25) is 0 Å². The van der Waals surface area contributed by atoms with Crippen molar-refractivity contribution >= 4 is 11.8 Å². The summed E-state index contributed by atoms with van der Waals surface area (Å²) in [5, 5.41) is 3.10. The molecule has 0 radical (unpaired) electrons. The summed E-state index contributed by atoms with van der Waals surface area (Å²) in [4.78, 5) is 25.5. The van der Waals surface area contributed by atoms with Crippen LogP contribution in [0.25, 0.3) is 0 Å². The lowest BCUT2D eigenvalue weighted by Crippen LogP contribution is -2.39. The van der Waals surface area contributed by atoms with Crippen LogP contribution in [-0.4, -0.2) is 26.0 Å². The largest absolute Gasteiger partial charge is 0.497 e. The highest BCUT2D eigenvalue weighted by molar-refractivity contribution is 6.04. The lowest BCUT2D eigenvalue weighted by atomic mass is 9.68. The highest BCUT2D eigenvalue weighted by atomic mass is 19.1. The van der Waals surface area contributed by atoms with Crippen molar-refractivity contribution in [2.45, 2.75) is 39.5 Å². The molecule has 28 heavy (non-hydrogen) atoms. The number of rotatable bonds is 3. The average Bonchev–Trinajstić information content (AvgIpc) is 2.58. The summed E-state index contributed by atoms with van der Waals surface area (Å²) < 4.78 is 39.6. The van der Waals surface area contributed by atoms with Crippen LogP contribution in [0, 0.1) is 17.0 Å². The van der Waals surface area contributed by atoms with Crippen LogP contribution in [0.1, 0.15) is 45.1 Å². The predicted octanol–water partition coefficient (Wildman–Crippen LogP) is 3.75. The molecule has 3 rings (SSSR count). The number of hydrogen-bond donors (Lipinski definition) is 1. The van der Waals surface area contributed by atoms with Crippen LogP contribution in [0.5, 0.6) is 5.75 Å². The number of dihydropyridines is 1. The molecule has 1 atom stereocenters. The number of nitrogens with one attached hydrogen (secondary N) is 1. The Bertz CT molecular complexity index is 907. The van der Waals surface area contributed by atoms with Crippen molar-refractivity contribution < 1.29 is 27.8 Å². The molecule has 0 unspecified atom stereocenters. The molecule has 0 amide bonds. The molecule has 0 saturated heterocycles. The fourth-order valence-electron chi connectivity index (χ4n) is 4.06. The van der Waals surface area contributed by atoms with E-state index in [9.17, 15) is 18.4 Å². The number of esters is 1. The average molecular weight is 391 g/mol. The highest BCUT2D eigenvalue weighted by Gasteiger charge is 2.44. The molecular weight excluding hydrogens is 368 g/mol. The third kappa shape index (κ3) is 3.30. The van der Waals surface area contributed by atoms with Gasteiger partial charge in [0, 0.05) is 41.1 Å². The molecule has 0 aromatic heterocycles. The molecule has 1 aromatic rings. The van der Waals surface area contributed by atoms with E-state index in [2.05, 4.69) is 5.32 Å². The normalized spacial score (nSPS) is 21.2. The van der Waals surface area contributed by atoms with Crippen molar-refractivity contribution in [3.63, 3.8) is 0 Å². The Hall–Kier alpha value is -2.70. The molecule has 5 nitrogen and oxygen atoms in total. The van der Waals surface area contributed by atoms with Crippen molar-refractivity contribution in [2.24, 2.45) is 5.41 Å². The summed E-state index contributed by atoms with van der Waals surface area (Å²) in [5.74, 6) is -3.93. The van der Waals surface area contributed by atoms with Crippen molar-refractivity contribution in [3.05, 3.63) is 51.9 Å². The Morgan fingerprint density at radius 3 is 2.32 bits per heavy atom. The second-order valence-corrected chi connectivity index (χ2v) is 7.93. The zero-order valence-corrected chi connectivity index (χ0v) is 16.5. The molecule has 2 aliphatic rings. The molecule has 1 aromatic carbocycles. The van der Waals surface area contributed by atoms with E-state index < -0.39 is 23.5 Å². The summed E-state index contributed by atoms with van der Waals surface area (Å²) in [6.07, 6.45) is 0.743. The first-order chi connectivity index (χ1) is 13.1. The molecular formula is C21H23F2NO4. The Labute approximate surface area is 162 Å². The number of ether oxygens (including phenoxy) is 2. The second-order valence-electron chi connectivity index (χ2n) is 7.93. The van der Waals surface area contributed by atoms with Gasteiger partial charge in [-0.15, -0.1) is 0 Å². The number of carbonyl (C=O) groups is 2. The monoisotopic (exact) mass is 391 g/mol. The molecule has 1 heterocycles. The third-order valence-electron chi connectivity index (χ3n) is 5.22. The first kappa shape index (κ1) is 20.0. The van der Waals surface area contributed by atoms with Gasteiger partial charge in [-0.3, -0.25) is 4.79 Å². The molecule has 0 saturated carbocycles. The zero-order valence-electron chi connectivity index (χ0n) is 16.5. The minimum Gasteiger partial charge on any atom is -0.497 e. The molecule has 7 heteroatoms. The fraction of sp³-hybridized carbons (Fsp3) is 0.429. The van der Waals surface area contributed by atoms with Gasteiger partial charge in [-0.05, 0) is 18.8 Å². The van der Waals surface area contributed by atoms with Crippen molar-refractivity contribution in [1.29, 1.82) is 0 Å². The first-order valence-electron chi connectivity index (χ1n) is 8.95. The second kappa shape index (κ2) is 7.04. The van der Waals surface area contributed by atoms with Gasteiger partial charge in [0.1, 0.15) is 17.4 Å². The van der Waals surface area contributed by atoms with Gasteiger partial charge in [-0.1, -0.05) is 13.8 Å². The maximum Gasteiger partial charge on any atom is 0.336 e. The van der Waals surface area contributed by atoms with Crippen LogP contribution in [-0.2, 0) is 14.3 Å². The van der Waals surface area contributed by atoms with Gasteiger partial charge >= 0.3 is 5.97 Å². The number of hydrogen-bond acceptors (Lipinski definition) is 5. The number of benzene rings is 1. The van der Waals surface area contributed by atoms with E-state index in [-0.39, 0.29) is 40.1 Å². The van der Waals surface area contributed by atoms with Crippen LogP contribution in [0.3, 0.4) is 0 Å². The summed E-state index contributed by atoms with van der Waals surface area (Å²) in [7, 11) is 2.49. The van der Waals surface area contributed by atoms with Crippen LogP contribution in [0.2, 0.25) is 0 Å². The van der Waals surface area contributed by atoms with E-state index in [0.29, 0.717) is 17.8 Å². The van der Waals surface area contributed by atoms with E-state index >= 15 is 0 Å². The Balaban J connectivity index is 2.29. The Morgan fingerprint density at radius 1 is 1.18 bits per heavy atom. The number of allylic oxidation sites excluding steroid dienone is 3. The zero-order chi connectivity index (χ0) is 20.8. The van der Waals surface area contributed by atoms with Gasteiger partial charge < -0.3 is 14.8 Å². The summed E-state index contributed by atoms with van der Waals surface area (Å²) in [6.45, 7) is 5.54. The first-order valence-corrected chi connectivity index (χ1v) is 8.95. The van der Waals surface area contributed by atoms with Gasteiger partial charge in [0.15, 0.2) is 5.78 Å². The van der Waals surface area contributed by atoms with Gasteiger partial charge in [0.25, 0.3) is 0 Å². The minimum atomic E-state index is -1.18. The molecule has 0 bridgehead atoms. The number of methoxy groups -OCH3 is 2. The predicted molar refractivity (Wildman–Crippen MR) is 98.6 cm³/mol. The topological polar surface area (TPSA) is 64.6 Å². The van der Waals surface area contributed by atoms with E-state index in [4.69, 9.17) is 9.47 Å². The maximum atomic E-state index is 14.9. The van der Waals surface area contributed by atoms with Gasteiger partial charge in [-0.25, -0.2) is 13.6 Å². The molecule has 1 aliphatic heterocycles. The van der Waals surface area contributed by atoms with Crippen LogP contribution in [0.15, 0.2) is 34.7 Å². The standard InChI is InChI=1S/C21H23F2NO4/c1-10-16(20(26)28-5)19(17-12(22)6-11(27-4)7-13(17)23)18-14(24-10)8-21(2,3)9-15(18)25/h6-7,19,24H,8-9H2,1-5H3/t19-/m0/s1. The quantitative estimate of drug-likeness (QED) is 0.795. The maximum absolute atomic E-state index is 14.9. The molecule has 150 valence electrons. The summed E-state index contributed by atoms with van der Waals surface area (Å²) in [6, 6.07) is 2.09. The van der Waals surface area contributed by atoms with Crippen LogP contribution < -0.4 is 10.1 Å². The molecule has 1 N–H and O–H groups in total. The Kier molecular flexibility index (Phi) is 5.04. The van der Waals surface area contributed by atoms with Crippen molar-refractivity contribution in [3.8, 4) is 5.75 Å². The Morgan fingerprint density at radius 2 is 1.79 bits per heavy atom. The molecule has 0 spiro atoms. The van der Waals surface area contributed by atoms with E-state index in [0.717, 1.165) is 12.1 Å². The van der Waals surface area contributed by atoms with Crippen LogP contribution in [0.4, 0.5) is 8.78 Å². The third-order valence-corrected chi connectivity index (χ3v) is 5.22. The van der Waals surface area contributed by atoms with Crippen molar-refractivity contribution in [2.75, 3.05) is 14.2 Å². The highest BCUT2D eigenvalue weighted by Crippen LogP contribution is 2.48. The molecule has 1 aliphatic carbocycles. The van der Waals surface area contributed by atoms with Gasteiger partial charge in [0.05, 0.1) is 25.7 Å². The summed E-state index contributed by atoms with van der Waals surface area (Å²) in [5.41, 5.74) is 0.586. The van der Waals surface area contributed by atoms with E-state index in [1.165, 1.54) is 14.2 Å². The van der Waals surface area contributed by atoms with Crippen LogP contribution >= 0.6 is 0 Å². The van der Waals surface area contributed by atoms with Gasteiger partial charge in [-0.2, -0.15) is 0 Å². The SMILES string of the molecule is COC(=O)C1=C(C)NC2=C(C(=O)CC(C)(C)C2)[C@@H]1c1c(F)cc(OC)cc1F. The minimum absolute atomic E-state index is 0.0123. The van der Waals surface area contributed by atoms with E-state index in [1.54, 1.807) is 6.92 Å². The number of ketones is 1. The number of halogens is 2. The summed E-state index contributed by atoms with van der Waals surface area (Å²) >= 11 is 0. The van der Waals surface area contributed by atoms with Crippen molar-refractivity contribution in [1.82, 2.24) is 5.32 Å². The lowest BCUT2D eigenvalue weighted by Gasteiger charge is -2.39. The smallest absolute Gasteiger partial charge is 0.336 e. The number of Topliss-reactive ketones (excluding diaryl/α,β-unsaturated/α-hetero) is 1. The number of carbonyl (C=O) groups excluding carboxylic acids is 2. The lowest BCUT2D eigenvalue weighted by molar-refractivity contribution is -0.136.